The molecule has 1 fully saturated rings. The highest BCUT2D eigenvalue weighted by Gasteiger charge is 2.28. The molecular weight excluding hydrogens is 224 g/mol. The van der Waals surface area contributed by atoms with Crippen LogP contribution >= 0.6 is 11.6 Å². The van der Waals surface area contributed by atoms with Gasteiger partial charge in [-0.05, 0) is 26.2 Å². The molecule has 3 rings (SSSR count). The van der Waals surface area contributed by atoms with Gasteiger partial charge in [-0.15, -0.1) is 5.10 Å². The van der Waals surface area contributed by atoms with Gasteiger partial charge in [0.25, 0.3) is 5.78 Å². The number of hydrogen-bond donors (Lipinski definition) is 0. The standard InChI is InChI=1S/C11H13ClN4/c1-3-8-6(2)13-11-14-10(7-4-5-7)15-16(11)9(8)12/h7H,3-5H2,1-2H3. The largest absolute Gasteiger partial charge is 0.254 e. The van der Waals surface area contributed by atoms with Gasteiger partial charge in [-0.2, -0.15) is 9.50 Å². The number of hydrogen-bond acceptors (Lipinski definition) is 3. The molecule has 0 N–H and O–H groups in total. The molecule has 0 aliphatic heterocycles. The average Bonchev–Trinajstić information content (AvgIpc) is 3.00. The molecule has 2 aromatic heterocycles. The summed E-state index contributed by atoms with van der Waals surface area (Å²) in [5.74, 6) is 2.05. The van der Waals surface area contributed by atoms with Crippen molar-refractivity contribution in [2.75, 3.05) is 0 Å². The third-order valence-electron chi connectivity index (χ3n) is 3.04. The van der Waals surface area contributed by atoms with Crippen molar-refractivity contribution in [2.45, 2.75) is 39.0 Å². The maximum absolute atomic E-state index is 6.31. The van der Waals surface area contributed by atoms with Gasteiger partial charge >= 0.3 is 0 Å². The van der Waals surface area contributed by atoms with Crippen LogP contribution in [0.25, 0.3) is 5.78 Å². The van der Waals surface area contributed by atoms with Gasteiger partial charge in [-0.3, -0.25) is 0 Å². The maximum Gasteiger partial charge on any atom is 0.254 e. The van der Waals surface area contributed by atoms with Crippen LogP contribution in [0.2, 0.25) is 5.15 Å². The highest BCUT2D eigenvalue weighted by Crippen LogP contribution is 2.38. The minimum atomic E-state index is 0.531. The fraction of sp³-hybridized carbons (Fsp3) is 0.545. The van der Waals surface area contributed by atoms with E-state index in [1.807, 2.05) is 6.92 Å². The second-order valence-electron chi connectivity index (χ2n) is 4.28. The fourth-order valence-electron chi connectivity index (χ4n) is 1.93. The third-order valence-corrected chi connectivity index (χ3v) is 3.43. The molecule has 0 atom stereocenters. The highest BCUT2D eigenvalue weighted by atomic mass is 35.5. The van der Waals surface area contributed by atoms with Crippen molar-refractivity contribution >= 4 is 17.4 Å². The number of rotatable bonds is 2. The predicted molar refractivity (Wildman–Crippen MR) is 61.9 cm³/mol. The molecule has 0 amide bonds. The minimum Gasteiger partial charge on any atom is -0.216 e. The minimum absolute atomic E-state index is 0.531. The average molecular weight is 237 g/mol. The Kier molecular flexibility index (Phi) is 2.14. The molecule has 0 spiro atoms. The summed E-state index contributed by atoms with van der Waals surface area (Å²) in [6.07, 6.45) is 3.24. The molecule has 5 heteroatoms. The Morgan fingerprint density at radius 3 is 2.75 bits per heavy atom. The van der Waals surface area contributed by atoms with Crippen LogP contribution in [-0.2, 0) is 6.42 Å². The molecule has 1 saturated carbocycles. The summed E-state index contributed by atoms with van der Waals surface area (Å²) in [6.45, 7) is 4.04. The first-order valence-corrected chi connectivity index (χ1v) is 6.00. The Labute approximate surface area is 98.7 Å². The number of aryl methyl sites for hydroxylation is 1. The summed E-state index contributed by atoms with van der Waals surface area (Å²) in [7, 11) is 0. The van der Waals surface area contributed by atoms with E-state index in [2.05, 4.69) is 22.0 Å². The Balaban J connectivity index is 2.25. The summed E-state index contributed by atoms with van der Waals surface area (Å²) < 4.78 is 1.67. The second kappa shape index (κ2) is 3.42. The second-order valence-corrected chi connectivity index (χ2v) is 4.63. The molecule has 0 bridgehead atoms. The molecule has 0 unspecified atom stereocenters. The number of halogens is 1. The van der Waals surface area contributed by atoms with Crippen molar-refractivity contribution in [1.29, 1.82) is 0 Å². The van der Waals surface area contributed by atoms with Gasteiger partial charge in [0.2, 0.25) is 0 Å². The van der Waals surface area contributed by atoms with Gasteiger partial charge in [0.05, 0.1) is 0 Å². The topological polar surface area (TPSA) is 43.1 Å². The molecule has 0 aromatic carbocycles. The van der Waals surface area contributed by atoms with Crippen molar-refractivity contribution in [3.8, 4) is 0 Å². The third kappa shape index (κ3) is 1.40. The van der Waals surface area contributed by atoms with Crippen LogP contribution in [-0.4, -0.2) is 19.6 Å². The van der Waals surface area contributed by atoms with Gasteiger partial charge < -0.3 is 0 Å². The molecule has 84 valence electrons. The van der Waals surface area contributed by atoms with Crippen LogP contribution in [0, 0.1) is 6.92 Å². The van der Waals surface area contributed by atoms with Crippen LogP contribution in [0.1, 0.15) is 42.8 Å². The Bertz CT molecular complexity index is 557. The van der Waals surface area contributed by atoms with Crippen molar-refractivity contribution in [1.82, 2.24) is 19.6 Å². The molecular formula is C11H13ClN4. The monoisotopic (exact) mass is 236 g/mol. The summed E-state index contributed by atoms with van der Waals surface area (Å²) in [5, 5.41) is 5.09. The van der Waals surface area contributed by atoms with Crippen molar-refractivity contribution < 1.29 is 0 Å². The normalized spacial score (nSPS) is 15.9. The van der Waals surface area contributed by atoms with Crippen molar-refractivity contribution in [3.63, 3.8) is 0 Å². The number of nitrogens with zero attached hydrogens (tertiary/aromatic N) is 4. The number of fused-ring (bicyclic) bond motifs is 1. The first-order valence-electron chi connectivity index (χ1n) is 5.62. The summed E-state index contributed by atoms with van der Waals surface area (Å²) >= 11 is 6.31. The zero-order valence-corrected chi connectivity index (χ0v) is 10.1. The highest BCUT2D eigenvalue weighted by molar-refractivity contribution is 6.30. The summed E-state index contributed by atoms with van der Waals surface area (Å²) in [4.78, 5) is 8.87. The first-order chi connectivity index (χ1) is 7.70. The molecule has 0 saturated heterocycles. The quantitative estimate of drug-likeness (QED) is 0.753. The van der Waals surface area contributed by atoms with Gasteiger partial charge in [0.1, 0.15) is 5.15 Å². The lowest BCUT2D eigenvalue weighted by Crippen LogP contribution is -2.01. The van der Waals surface area contributed by atoms with E-state index in [4.69, 9.17) is 11.6 Å². The van der Waals surface area contributed by atoms with Crippen molar-refractivity contribution in [2.24, 2.45) is 0 Å². The van der Waals surface area contributed by atoms with Gasteiger partial charge in [-0.25, -0.2) is 4.98 Å². The molecule has 1 aliphatic carbocycles. The summed E-state index contributed by atoms with van der Waals surface area (Å²) in [6, 6.07) is 0. The van der Waals surface area contributed by atoms with Crippen LogP contribution in [0.3, 0.4) is 0 Å². The van der Waals surface area contributed by atoms with Gasteiger partial charge in [0, 0.05) is 17.2 Å². The van der Waals surface area contributed by atoms with E-state index in [9.17, 15) is 0 Å². The van der Waals surface area contributed by atoms with E-state index >= 15 is 0 Å². The smallest absolute Gasteiger partial charge is 0.216 e. The maximum atomic E-state index is 6.31. The van der Waals surface area contributed by atoms with E-state index < -0.39 is 0 Å². The van der Waals surface area contributed by atoms with Crippen LogP contribution < -0.4 is 0 Å². The molecule has 0 radical (unpaired) electrons. The fourth-order valence-corrected chi connectivity index (χ4v) is 2.32. The zero-order valence-electron chi connectivity index (χ0n) is 9.37. The number of aromatic nitrogens is 4. The molecule has 2 heterocycles. The van der Waals surface area contributed by atoms with E-state index in [1.54, 1.807) is 4.52 Å². The first kappa shape index (κ1) is 10.0. The van der Waals surface area contributed by atoms with Crippen LogP contribution in [0.4, 0.5) is 0 Å². The Morgan fingerprint density at radius 1 is 1.38 bits per heavy atom. The SMILES string of the molecule is CCc1c(C)nc2nc(C3CC3)nn2c1Cl. The van der Waals surface area contributed by atoms with Crippen molar-refractivity contribution in [3.05, 3.63) is 22.2 Å². The molecule has 1 aliphatic rings. The Morgan fingerprint density at radius 2 is 2.12 bits per heavy atom. The van der Waals surface area contributed by atoms with E-state index in [0.29, 0.717) is 16.8 Å². The van der Waals surface area contributed by atoms with E-state index in [0.717, 1.165) is 23.5 Å². The lowest BCUT2D eigenvalue weighted by molar-refractivity contribution is 0.855. The lowest BCUT2D eigenvalue weighted by atomic mass is 10.2. The zero-order chi connectivity index (χ0) is 11.3. The molecule has 2 aromatic rings. The molecule has 4 nitrogen and oxygen atoms in total. The van der Waals surface area contributed by atoms with E-state index in [-0.39, 0.29) is 0 Å². The summed E-state index contributed by atoms with van der Waals surface area (Å²) in [5.41, 5.74) is 2.01. The van der Waals surface area contributed by atoms with Gasteiger partial charge in [0.15, 0.2) is 5.82 Å². The lowest BCUT2D eigenvalue weighted by Gasteiger charge is -2.05. The van der Waals surface area contributed by atoms with Gasteiger partial charge in [-0.1, -0.05) is 18.5 Å². The Hall–Kier alpha value is -1.16. The van der Waals surface area contributed by atoms with E-state index in [1.165, 1.54) is 12.8 Å². The molecule has 16 heavy (non-hydrogen) atoms. The van der Waals surface area contributed by atoms with Crippen LogP contribution in [0.15, 0.2) is 0 Å². The predicted octanol–water partition coefficient (Wildman–Crippen LogP) is 2.53. The van der Waals surface area contributed by atoms with Crippen LogP contribution in [0.5, 0.6) is 0 Å².